The third-order valence-corrected chi connectivity index (χ3v) is 2.55. The van der Waals surface area contributed by atoms with Crippen molar-refractivity contribution in [3.8, 4) is 12.0 Å². The van der Waals surface area contributed by atoms with Crippen LogP contribution in [0.5, 0.6) is 12.0 Å². The van der Waals surface area contributed by atoms with Gasteiger partial charge in [0.25, 0.3) is 0 Å². The Bertz CT molecular complexity index is 511. The summed E-state index contributed by atoms with van der Waals surface area (Å²) >= 11 is 0. The highest BCUT2D eigenvalue weighted by Gasteiger charge is 2.12. The Balaban J connectivity index is 2.18. The van der Waals surface area contributed by atoms with Crippen LogP contribution in [0.4, 0.5) is 5.95 Å². The maximum Gasteiger partial charge on any atom is 0.325 e. The van der Waals surface area contributed by atoms with Gasteiger partial charge in [-0.25, -0.2) is 0 Å². The minimum Gasteiger partial charge on any atom is -0.467 e. The van der Waals surface area contributed by atoms with Crippen molar-refractivity contribution in [1.29, 1.82) is 0 Å². The number of anilines is 1. The molecule has 6 heteroatoms. The van der Waals surface area contributed by atoms with Crippen LogP contribution in [0.2, 0.25) is 0 Å². The quantitative estimate of drug-likeness (QED) is 0.887. The molecule has 6 nitrogen and oxygen atoms in total. The molecule has 0 saturated carbocycles. The monoisotopic (exact) mass is 260 g/mol. The zero-order chi connectivity index (χ0) is 13.7. The van der Waals surface area contributed by atoms with Gasteiger partial charge in [0.15, 0.2) is 0 Å². The lowest BCUT2D eigenvalue weighted by atomic mass is 10.1. The van der Waals surface area contributed by atoms with Crippen LogP contribution < -0.4 is 14.8 Å². The first-order valence-electron chi connectivity index (χ1n) is 5.92. The summed E-state index contributed by atoms with van der Waals surface area (Å²) in [6.45, 7) is 1.94. The average molecular weight is 260 g/mol. The molecule has 0 aliphatic carbocycles. The van der Waals surface area contributed by atoms with E-state index in [0.717, 1.165) is 5.56 Å². The molecular weight excluding hydrogens is 244 g/mol. The maximum absolute atomic E-state index is 5.70. The fourth-order valence-electron chi connectivity index (χ4n) is 1.54. The van der Waals surface area contributed by atoms with Crippen molar-refractivity contribution in [2.24, 2.45) is 0 Å². The van der Waals surface area contributed by atoms with Crippen molar-refractivity contribution >= 4 is 5.95 Å². The lowest BCUT2D eigenvalue weighted by Crippen LogP contribution is -2.09. The standard InChI is InChI=1S/C13H16N4O2/c1-9(10-7-5-4-6-8-10)19-13-16-11(14-2)15-12(17-13)18-3/h4-9H,1-3H3,(H,14,15,16,17). The van der Waals surface area contributed by atoms with E-state index in [-0.39, 0.29) is 18.1 Å². The highest BCUT2D eigenvalue weighted by atomic mass is 16.5. The molecule has 1 N–H and O–H groups in total. The molecule has 0 amide bonds. The third-order valence-electron chi connectivity index (χ3n) is 2.55. The minimum absolute atomic E-state index is 0.155. The smallest absolute Gasteiger partial charge is 0.325 e. The summed E-state index contributed by atoms with van der Waals surface area (Å²) in [6, 6.07) is 10.3. The first-order valence-corrected chi connectivity index (χ1v) is 5.92. The molecule has 100 valence electrons. The summed E-state index contributed by atoms with van der Waals surface area (Å²) in [6.07, 6.45) is -0.155. The maximum atomic E-state index is 5.70. The number of nitrogens with zero attached hydrogens (tertiary/aromatic N) is 3. The van der Waals surface area contributed by atoms with Gasteiger partial charge in [-0.3, -0.25) is 0 Å². The van der Waals surface area contributed by atoms with Crippen molar-refractivity contribution in [3.63, 3.8) is 0 Å². The van der Waals surface area contributed by atoms with Crippen molar-refractivity contribution in [3.05, 3.63) is 35.9 Å². The molecule has 0 aliphatic rings. The van der Waals surface area contributed by atoms with Gasteiger partial charge >= 0.3 is 12.0 Å². The fourth-order valence-corrected chi connectivity index (χ4v) is 1.54. The van der Waals surface area contributed by atoms with Crippen LogP contribution >= 0.6 is 0 Å². The molecular formula is C13H16N4O2. The molecule has 0 spiro atoms. The Labute approximate surface area is 111 Å². The summed E-state index contributed by atoms with van der Waals surface area (Å²) < 4.78 is 10.7. The first kappa shape index (κ1) is 13.1. The van der Waals surface area contributed by atoms with Crippen molar-refractivity contribution in [2.75, 3.05) is 19.5 Å². The van der Waals surface area contributed by atoms with E-state index in [1.54, 1.807) is 7.05 Å². The molecule has 19 heavy (non-hydrogen) atoms. The normalized spacial score (nSPS) is 11.7. The van der Waals surface area contributed by atoms with Gasteiger partial charge in [0.05, 0.1) is 7.11 Å². The van der Waals surface area contributed by atoms with E-state index in [1.165, 1.54) is 7.11 Å². The van der Waals surface area contributed by atoms with Gasteiger partial charge in [0, 0.05) is 7.05 Å². The molecule has 1 unspecified atom stereocenters. The van der Waals surface area contributed by atoms with Gasteiger partial charge < -0.3 is 14.8 Å². The Hall–Kier alpha value is -2.37. The zero-order valence-electron chi connectivity index (χ0n) is 11.1. The number of rotatable bonds is 5. The summed E-state index contributed by atoms with van der Waals surface area (Å²) in [5.41, 5.74) is 1.05. The van der Waals surface area contributed by atoms with E-state index in [2.05, 4.69) is 20.3 Å². The van der Waals surface area contributed by atoms with Crippen LogP contribution in [0.1, 0.15) is 18.6 Å². The number of ether oxygens (including phenoxy) is 2. The Morgan fingerprint density at radius 2 is 1.74 bits per heavy atom. The van der Waals surface area contributed by atoms with Gasteiger partial charge in [0.2, 0.25) is 5.95 Å². The topological polar surface area (TPSA) is 69.2 Å². The second kappa shape index (κ2) is 5.99. The highest BCUT2D eigenvalue weighted by molar-refractivity contribution is 5.26. The SMILES string of the molecule is CNc1nc(OC)nc(OC(C)c2ccccc2)n1. The fraction of sp³-hybridized carbons (Fsp3) is 0.308. The predicted molar refractivity (Wildman–Crippen MR) is 71.4 cm³/mol. The van der Waals surface area contributed by atoms with E-state index in [0.29, 0.717) is 5.95 Å². The second-order valence-electron chi connectivity index (χ2n) is 3.85. The molecule has 1 heterocycles. The number of nitrogens with one attached hydrogen (secondary N) is 1. The minimum atomic E-state index is -0.155. The van der Waals surface area contributed by atoms with Crippen LogP contribution in [0.15, 0.2) is 30.3 Å². The van der Waals surface area contributed by atoms with Crippen molar-refractivity contribution in [1.82, 2.24) is 15.0 Å². The van der Waals surface area contributed by atoms with Crippen LogP contribution in [0.3, 0.4) is 0 Å². The van der Waals surface area contributed by atoms with Crippen molar-refractivity contribution in [2.45, 2.75) is 13.0 Å². The van der Waals surface area contributed by atoms with Gasteiger partial charge in [-0.15, -0.1) is 4.98 Å². The van der Waals surface area contributed by atoms with E-state index in [9.17, 15) is 0 Å². The van der Waals surface area contributed by atoms with Crippen LogP contribution in [0.25, 0.3) is 0 Å². The van der Waals surface area contributed by atoms with Gasteiger partial charge in [0.1, 0.15) is 6.10 Å². The second-order valence-corrected chi connectivity index (χ2v) is 3.85. The molecule has 1 aromatic carbocycles. The molecule has 2 rings (SSSR count). The third kappa shape index (κ3) is 3.31. The number of methoxy groups -OCH3 is 1. The number of aromatic nitrogens is 3. The summed E-state index contributed by atoms with van der Waals surface area (Å²) in [5.74, 6) is 0.405. The van der Waals surface area contributed by atoms with Gasteiger partial charge in [-0.1, -0.05) is 30.3 Å². The largest absolute Gasteiger partial charge is 0.467 e. The van der Waals surface area contributed by atoms with E-state index < -0.39 is 0 Å². The predicted octanol–water partition coefficient (Wildman–Crippen LogP) is 2.06. The number of hydrogen-bond acceptors (Lipinski definition) is 6. The molecule has 2 aromatic rings. The van der Waals surface area contributed by atoms with Gasteiger partial charge in [-0.05, 0) is 12.5 Å². The highest BCUT2D eigenvalue weighted by Crippen LogP contribution is 2.20. The summed E-state index contributed by atoms with van der Waals surface area (Å²) in [4.78, 5) is 12.2. The molecule has 0 radical (unpaired) electrons. The van der Waals surface area contributed by atoms with Gasteiger partial charge in [-0.2, -0.15) is 9.97 Å². The Morgan fingerprint density at radius 1 is 1.05 bits per heavy atom. The number of benzene rings is 1. The van der Waals surface area contributed by atoms with Crippen LogP contribution in [-0.2, 0) is 0 Å². The Kier molecular flexibility index (Phi) is 4.12. The molecule has 0 bridgehead atoms. The van der Waals surface area contributed by atoms with E-state index >= 15 is 0 Å². The van der Waals surface area contributed by atoms with Crippen LogP contribution in [-0.4, -0.2) is 29.1 Å². The van der Waals surface area contributed by atoms with E-state index in [4.69, 9.17) is 9.47 Å². The molecule has 1 atom stereocenters. The first-order chi connectivity index (χ1) is 9.22. The summed E-state index contributed by atoms with van der Waals surface area (Å²) in [7, 11) is 3.22. The molecule has 1 aromatic heterocycles. The summed E-state index contributed by atoms with van der Waals surface area (Å²) in [5, 5.41) is 2.83. The Morgan fingerprint density at radius 3 is 2.37 bits per heavy atom. The van der Waals surface area contributed by atoms with Crippen LogP contribution in [0, 0.1) is 0 Å². The van der Waals surface area contributed by atoms with E-state index in [1.807, 2.05) is 37.3 Å². The number of hydrogen-bond donors (Lipinski definition) is 1. The molecule has 0 fully saturated rings. The lowest BCUT2D eigenvalue weighted by molar-refractivity contribution is 0.203. The van der Waals surface area contributed by atoms with Crippen molar-refractivity contribution < 1.29 is 9.47 Å². The average Bonchev–Trinajstić information content (AvgIpc) is 2.47. The zero-order valence-corrected chi connectivity index (χ0v) is 11.1. The lowest BCUT2D eigenvalue weighted by Gasteiger charge is -2.14. The molecule has 0 aliphatic heterocycles. The molecule has 0 saturated heterocycles.